The Morgan fingerprint density at radius 1 is 1.30 bits per heavy atom. The Balaban J connectivity index is 0.00000200. The quantitative estimate of drug-likeness (QED) is 0.889. The van der Waals surface area contributed by atoms with Gasteiger partial charge in [-0.05, 0) is 44.1 Å². The minimum atomic E-state index is -0.767. The zero-order valence-electron chi connectivity index (χ0n) is 11.0. The molecule has 1 fully saturated rings. The van der Waals surface area contributed by atoms with Crippen LogP contribution in [0.4, 0.5) is 5.69 Å². The number of benzene rings is 1. The topological polar surface area (TPSA) is 50.4 Å². The van der Waals surface area contributed by atoms with Crippen molar-refractivity contribution in [1.82, 2.24) is 5.32 Å². The number of hydrogen-bond donors (Lipinski definition) is 2. The Kier molecular flexibility index (Phi) is 6.55. The van der Waals surface area contributed by atoms with Crippen molar-refractivity contribution in [3.63, 3.8) is 0 Å². The summed E-state index contributed by atoms with van der Waals surface area (Å²) in [6, 6.07) is 5.00. The van der Waals surface area contributed by atoms with Gasteiger partial charge >= 0.3 is 0 Å². The number of carbonyl (C=O) groups excluding carboxylic acids is 1. The van der Waals surface area contributed by atoms with Crippen LogP contribution >= 0.6 is 35.6 Å². The minimum Gasteiger partial charge on any atom is -0.368 e. The van der Waals surface area contributed by atoms with Gasteiger partial charge in [-0.25, -0.2) is 0 Å². The van der Waals surface area contributed by atoms with Crippen LogP contribution in [0.3, 0.4) is 0 Å². The van der Waals surface area contributed by atoms with Crippen molar-refractivity contribution >= 4 is 47.2 Å². The molecule has 1 aromatic carbocycles. The van der Waals surface area contributed by atoms with Crippen LogP contribution in [0.2, 0.25) is 10.0 Å². The van der Waals surface area contributed by atoms with Gasteiger partial charge in [0, 0.05) is 12.8 Å². The number of ether oxygens (including phenoxy) is 1. The lowest BCUT2D eigenvalue weighted by molar-refractivity contribution is -0.140. The molecule has 20 heavy (non-hydrogen) atoms. The summed E-state index contributed by atoms with van der Waals surface area (Å²) >= 11 is 11.8. The van der Waals surface area contributed by atoms with E-state index in [9.17, 15) is 4.79 Å². The Hall–Kier alpha value is -0.520. The molecular weight excluding hydrogens is 323 g/mol. The van der Waals surface area contributed by atoms with E-state index in [0.29, 0.717) is 28.6 Å². The van der Waals surface area contributed by atoms with Crippen molar-refractivity contribution in [3.05, 3.63) is 28.2 Å². The first kappa shape index (κ1) is 17.5. The fraction of sp³-hybridized carbons (Fsp3) is 0.462. The first-order valence-corrected chi connectivity index (χ1v) is 6.85. The average molecular weight is 340 g/mol. The van der Waals surface area contributed by atoms with Crippen molar-refractivity contribution in [3.8, 4) is 0 Å². The van der Waals surface area contributed by atoms with Crippen LogP contribution in [0.5, 0.6) is 0 Å². The predicted octanol–water partition coefficient (Wildman–Crippen LogP) is 3.12. The molecule has 0 radical (unpaired) electrons. The second-order valence-corrected chi connectivity index (χ2v) is 5.35. The lowest BCUT2D eigenvalue weighted by atomic mass is 9.91. The van der Waals surface area contributed by atoms with Crippen LogP contribution in [0.1, 0.15) is 12.8 Å². The standard InChI is InChI=1S/C13H16Cl2N2O2.ClH/c1-19-13(4-6-16-7-5-13)12(18)17-9-2-3-10(14)11(15)8-9;/h2-3,8,16H,4-7H2,1H3,(H,17,18);1H. The van der Waals surface area contributed by atoms with Crippen molar-refractivity contribution in [2.24, 2.45) is 0 Å². The summed E-state index contributed by atoms with van der Waals surface area (Å²) in [6.07, 6.45) is 1.30. The minimum absolute atomic E-state index is 0. The molecule has 0 bridgehead atoms. The molecule has 2 N–H and O–H groups in total. The smallest absolute Gasteiger partial charge is 0.256 e. The molecule has 0 unspecified atom stereocenters. The summed E-state index contributed by atoms with van der Waals surface area (Å²) in [5, 5.41) is 6.92. The number of methoxy groups -OCH3 is 1. The lowest BCUT2D eigenvalue weighted by Gasteiger charge is -2.34. The molecule has 0 spiro atoms. The second kappa shape index (κ2) is 7.48. The normalized spacial score (nSPS) is 17.1. The van der Waals surface area contributed by atoms with Gasteiger partial charge in [0.2, 0.25) is 0 Å². The number of carbonyl (C=O) groups is 1. The van der Waals surface area contributed by atoms with Crippen LogP contribution in [0.15, 0.2) is 18.2 Å². The highest BCUT2D eigenvalue weighted by molar-refractivity contribution is 6.42. The summed E-state index contributed by atoms with van der Waals surface area (Å²) < 4.78 is 5.46. The van der Waals surface area contributed by atoms with Crippen LogP contribution in [-0.4, -0.2) is 31.7 Å². The molecule has 0 atom stereocenters. The van der Waals surface area contributed by atoms with E-state index in [0.717, 1.165) is 13.1 Å². The zero-order valence-corrected chi connectivity index (χ0v) is 13.4. The summed E-state index contributed by atoms with van der Waals surface area (Å²) in [7, 11) is 1.57. The number of anilines is 1. The first-order chi connectivity index (χ1) is 9.07. The van der Waals surface area contributed by atoms with Crippen LogP contribution in [-0.2, 0) is 9.53 Å². The van der Waals surface area contributed by atoms with Crippen LogP contribution in [0, 0.1) is 0 Å². The van der Waals surface area contributed by atoms with E-state index in [1.54, 1.807) is 25.3 Å². The molecule has 1 aromatic rings. The molecule has 1 amide bonds. The second-order valence-electron chi connectivity index (χ2n) is 4.53. The van der Waals surface area contributed by atoms with E-state index in [1.807, 2.05) is 0 Å². The van der Waals surface area contributed by atoms with E-state index in [4.69, 9.17) is 27.9 Å². The van der Waals surface area contributed by atoms with Crippen molar-refractivity contribution in [1.29, 1.82) is 0 Å². The Bertz CT molecular complexity index is 477. The first-order valence-electron chi connectivity index (χ1n) is 6.10. The molecule has 0 aliphatic carbocycles. The van der Waals surface area contributed by atoms with E-state index in [1.165, 1.54) is 0 Å². The highest BCUT2D eigenvalue weighted by Crippen LogP contribution is 2.28. The summed E-state index contributed by atoms with van der Waals surface area (Å²) in [5.74, 6) is -0.144. The molecule has 1 aliphatic rings. The molecule has 7 heteroatoms. The molecule has 0 saturated carbocycles. The van der Waals surface area contributed by atoms with Gasteiger partial charge < -0.3 is 15.4 Å². The van der Waals surface area contributed by atoms with Crippen molar-refractivity contribution in [2.45, 2.75) is 18.4 Å². The van der Waals surface area contributed by atoms with E-state index in [2.05, 4.69) is 10.6 Å². The maximum Gasteiger partial charge on any atom is 0.256 e. The summed E-state index contributed by atoms with van der Waals surface area (Å²) in [5.41, 5.74) is -0.147. The zero-order chi connectivity index (χ0) is 13.9. The molecule has 1 aliphatic heterocycles. The molecule has 4 nitrogen and oxygen atoms in total. The molecule has 1 heterocycles. The monoisotopic (exact) mass is 338 g/mol. The fourth-order valence-electron chi connectivity index (χ4n) is 2.17. The largest absolute Gasteiger partial charge is 0.368 e. The number of piperidine rings is 1. The Morgan fingerprint density at radius 2 is 1.95 bits per heavy atom. The highest BCUT2D eigenvalue weighted by atomic mass is 35.5. The predicted molar refractivity (Wildman–Crippen MR) is 84.2 cm³/mol. The number of amides is 1. The third kappa shape index (κ3) is 3.77. The maximum atomic E-state index is 12.4. The van der Waals surface area contributed by atoms with Gasteiger partial charge in [-0.1, -0.05) is 23.2 Å². The van der Waals surface area contributed by atoms with E-state index < -0.39 is 5.60 Å². The maximum absolute atomic E-state index is 12.4. The van der Waals surface area contributed by atoms with Gasteiger partial charge in [0.1, 0.15) is 5.60 Å². The van der Waals surface area contributed by atoms with Crippen LogP contribution in [0.25, 0.3) is 0 Å². The number of nitrogens with one attached hydrogen (secondary N) is 2. The Morgan fingerprint density at radius 3 is 2.50 bits per heavy atom. The molecule has 1 saturated heterocycles. The van der Waals surface area contributed by atoms with Gasteiger partial charge in [-0.15, -0.1) is 12.4 Å². The molecule has 2 rings (SSSR count). The fourth-order valence-corrected chi connectivity index (χ4v) is 2.47. The lowest BCUT2D eigenvalue weighted by Crippen LogP contribution is -2.51. The van der Waals surface area contributed by atoms with E-state index in [-0.39, 0.29) is 18.3 Å². The Labute approximate surface area is 134 Å². The van der Waals surface area contributed by atoms with Crippen molar-refractivity contribution in [2.75, 3.05) is 25.5 Å². The number of rotatable bonds is 3. The third-order valence-electron chi connectivity index (χ3n) is 3.39. The van der Waals surface area contributed by atoms with Gasteiger partial charge in [0.25, 0.3) is 5.91 Å². The molecular formula is C13H17Cl3N2O2. The van der Waals surface area contributed by atoms with E-state index >= 15 is 0 Å². The molecule has 0 aromatic heterocycles. The average Bonchev–Trinajstić information content (AvgIpc) is 2.43. The number of hydrogen-bond acceptors (Lipinski definition) is 3. The summed E-state index contributed by atoms with van der Waals surface area (Å²) in [4.78, 5) is 12.4. The SMILES string of the molecule is COC1(C(=O)Nc2ccc(Cl)c(Cl)c2)CCNCC1.Cl. The molecule has 112 valence electrons. The third-order valence-corrected chi connectivity index (χ3v) is 4.13. The van der Waals surface area contributed by atoms with Crippen molar-refractivity contribution < 1.29 is 9.53 Å². The highest BCUT2D eigenvalue weighted by Gasteiger charge is 2.39. The van der Waals surface area contributed by atoms with Gasteiger partial charge in [0.05, 0.1) is 10.0 Å². The number of halogens is 3. The van der Waals surface area contributed by atoms with Gasteiger partial charge in [0.15, 0.2) is 0 Å². The van der Waals surface area contributed by atoms with Gasteiger partial charge in [-0.3, -0.25) is 4.79 Å². The summed E-state index contributed by atoms with van der Waals surface area (Å²) in [6.45, 7) is 1.53. The van der Waals surface area contributed by atoms with Crippen LogP contribution < -0.4 is 10.6 Å². The van der Waals surface area contributed by atoms with Gasteiger partial charge in [-0.2, -0.15) is 0 Å².